The molecule has 5 nitrogen and oxygen atoms in total. The highest BCUT2D eigenvalue weighted by atomic mass is 35.5. The normalized spacial score (nSPS) is 11.2. The summed E-state index contributed by atoms with van der Waals surface area (Å²) in [5.41, 5.74) is -1.06. The number of amides is 3. The molecule has 0 aliphatic heterocycles. The lowest BCUT2D eigenvalue weighted by Gasteiger charge is -2.15. The van der Waals surface area contributed by atoms with Gasteiger partial charge in [0.05, 0.1) is 16.1 Å². The maximum atomic E-state index is 13.0. The fraction of sp³-hybridized carbons (Fsp3) is 0.0909. The van der Waals surface area contributed by atoms with Crippen molar-refractivity contribution in [2.45, 2.75) is 12.8 Å². The molecular formula is C22H14ClF5N2O3. The second-order valence-electron chi connectivity index (χ2n) is 6.56. The summed E-state index contributed by atoms with van der Waals surface area (Å²) in [5, 5.41) is 4.41. The van der Waals surface area contributed by atoms with Crippen LogP contribution in [0.2, 0.25) is 5.02 Å². The van der Waals surface area contributed by atoms with E-state index in [0.717, 1.165) is 24.3 Å². The lowest BCUT2D eigenvalue weighted by atomic mass is 10.0. The molecule has 11 heteroatoms. The molecular weight excluding hydrogens is 471 g/mol. The van der Waals surface area contributed by atoms with E-state index >= 15 is 0 Å². The Morgan fingerprint density at radius 2 is 1.67 bits per heavy atom. The van der Waals surface area contributed by atoms with Crippen LogP contribution in [0, 0.1) is 0 Å². The number of nitrogens with one attached hydrogen (secondary N) is 2. The van der Waals surface area contributed by atoms with Crippen molar-refractivity contribution in [1.29, 1.82) is 0 Å². The monoisotopic (exact) mass is 484 g/mol. The van der Waals surface area contributed by atoms with Gasteiger partial charge in [-0.25, -0.2) is 4.79 Å². The number of imide groups is 1. The van der Waals surface area contributed by atoms with Crippen molar-refractivity contribution >= 4 is 29.2 Å². The van der Waals surface area contributed by atoms with E-state index in [1.165, 1.54) is 30.3 Å². The smallest absolute Gasteiger partial charge is 0.416 e. The highest BCUT2D eigenvalue weighted by molar-refractivity contribution is 6.34. The van der Waals surface area contributed by atoms with Crippen LogP contribution in [0.3, 0.4) is 0 Å². The molecule has 3 rings (SSSR count). The van der Waals surface area contributed by atoms with Crippen LogP contribution in [0.15, 0.2) is 66.7 Å². The molecule has 0 fully saturated rings. The number of alkyl halides is 5. The molecule has 3 amide bonds. The molecule has 172 valence electrons. The van der Waals surface area contributed by atoms with Gasteiger partial charge in [-0.15, -0.1) is 0 Å². The van der Waals surface area contributed by atoms with Crippen molar-refractivity contribution in [3.63, 3.8) is 0 Å². The first kappa shape index (κ1) is 24.0. The van der Waals surface area contributed by atoms with Crippen LogP contribution in [0.1, 0.15) is 15.9 Å². The first-order valence-corrected chi connectivity index (χ1v) is 9.56. The first-order valence-electron chi connectivity index (χ1n) is 9.18. The standard InChI is InChI=1S/C22H14ClF5N2O3/c23-17-7-2-1-6-16(17)19(31)30-21(32)29-14-8-9-15(18(11-14)33-20(24)25)12-4-3-5-13(10-12)22(26,27)28/h1-11,20H,(H2,29,30,31,32). The average molecular weight is 485 g/mol. The molecule has 0 atom stereocenters. The highest BCUT2D eigenvalue weighted by Gasteiger charge is 2.30. The summed E-state index contributed by atoms with van der Waals surface area (Å²) in [6.45, 7) is -3.28. The number of halogens is 6. The van der Waals surface area contributed by atoms with E-state index in [9.17, 15) is 31.5 Å². The Kier molecular flexibility index (Phi) is 7.17. The zero-order valence-electron chi connectivity index (χ0n) is 16.4. The molecule has 0 unspecified atom stereocenters. The predicted octanol–water partition coefficient (Wildman–Crippen LogP) is 6.59. The molecule has 0 aliphatic rings. The molecule has 0 spiro atoms. The maximum absolute atomic E-state index is 13.0. The van der Waals surface area contributed by atoms with Crippen LogP contribution in [0.5, 0.6) is 5.75 Å². The molecule has 3 aromatic carbocycles. The van der Waals surface area contributed by atoms with Crippen molar-refractivity contribution in [1.82, 2.24) is 5.32 Å². The van der Waals surface area contributed by atoms with Crippen molar-refractivity contribution in [3.05, 3.63) is 82.9 Å². The van der Waals surface area contributed by atoms with Crippen molar-refractivity contribution < 1.29 is 36.3 Å². The molecule has 0 radical (unpaired) electrons. The van der Waals surface area contributed by atoms with Crippen LogP contribution in [-0.4, -0.2) is 18.5 Å². The minimum absolute atomic E-state index is 0.0228. The molecule has 0 saturated carbocycles. The highest BCUT2D eigenvalue weighted by Crippen LogP contribution is 2.37. The quantitative estimate of drug-likeness (QED) is 0.401. The van der Waals surface area contributed by atoms with E-state index in [0.29, 0.717) is 0 Å². The summed E-state index contributed by atoms with van der Waals surface area (Å²) in [7, 11) is 0. The number of carbonyl (C=O) groups excluding carboxylic acids is 2. The van der Waals surface area contributed by atoms with Gasteiger partial charge in [-0.2, -0.15) is 22.0 Å². The summed E-state index contributed by atoms with van der Waals surface area (Å²) >= 11 is 5.90. The summed E-state index contributed by atoms with van der Waals surface area (Å²) in [4.78, 5) is 24.3. The lowest BCUT2D eigenvalue weighted by Crippen LogP contribution is -2.34. The Hall–Kier alpha value is -3.66. The van der Waals surface area contributed by atoms with Crippen LogP contribution in [-0.2, 0) is 6.18 Å². The minimum atomic E-state index is -4.63. The maximum Gasteiger partial charge on any atom is 0.416 e. The summed E-state index contributed by atoms with van der Waals surface area (Å²) < 4.78 is 69.3. The zero-order chi connectivity index (χ0) is 24.2. The van der Waals surface area contributed by atoms with Crippen molar-refractivity contribution in [2.24, 2.45) is 0 Å². The minimum Gasteiger partial charge on any atom is -0.434 e. The molecule has 0 saturated heterocycles. The average Bonchev–Trinajstić information content (AvgIpc) is 2.73. The van der Waals surface area contributed by atoms with Gasteiger partial charge in [-0.05, 0) is 42.0 Å². The van der Waals surface area contributed by atoms with Gasteiger partial charge in [0.25, 0.3) is 5.91 Å². The molecule has 33 heavy (non-hydrogen) atoms. The number of carbonyl (C=O) groups is 2. The Bertz CT molecular complexity index is 1180. The van der Waals surface area contributed by atoms with Gasteiger partial charge in [0.2, 0.25) is 0 Å². The molecule has 2 N–H and O–H groups in total. The Labute approximate surface area is 189 Å². The predicted molar refractivity (Wildman–Crippen MR) is 111 cm³/mol. The Morgan fingerprint density at radius 3 is 2.33 bits per heavy atom. The second kappa shape index (κ2) is 9.86. The van der Waals surface area contributed by atoms with E-state index in [1.54, 1.807) is 12.1 Å². The molecule has 0 aromatic heterocycles. The number of ether oxygens (including phenoxy) is 1. The largest absolute Gasteiger partial charge is 0.434 e. The SMILES string of the molecule is O=C(NC(=O)c1ccccc1Cl)Nc1ccc(-c2cccc(C(F)(F)F)c2)c(OC(F)F)c1. The number of rotatable bonds is 5. The zero-order valence-corrected chi connectivity index (χ0v) is 17.2. The number of hydrogen-bond acceptors (Lipinski definition) is 3. The third-order valence-electron chi connectivity index (χ3n) is 4.30. The first-order chi connectivity index (χ1) is 15.5. The van der Waals surface area contributed by atoms with Gasteiger partial charge in [-0.3, -0.25) is 10.1 Å². The lowest BCUT2D eigenvalue weighted by molar-refractivity contribution is -0.137. The third-order valence-corrected chi connectivity index (χ3v) is 4.63. The number of urea groups is 1. The van der Waals surface area contributed by atoms with Gasteiger partial charge in [0.1, 0.15) is 5.75 Å². The van der Waals surface area contributed by atoms with E-state index in [1.807, 2.05) is 5.32 Å². The van der Waals surface area contributed by atoms with Gasteiger partial charge in [-0.1, -0.05) is 35.9 Å². The summed E-state index contributed by atoms with van der Waals surface area (Å²) in [5.74, 6) is -1.28. The number of anilines is 1. The topological polar surface area (TPSA) is 67.4 Å². The van der Waals surface area contributed by atoms with E-state index in [4.69, 9.17) is 11.6 Å². The molecule has 0 heterocycles. The Balaban J connectivity index is 1.84. The van der Waals surface area contributed by atoms with Crippen LogP contribution >= 0.6 is 11.6 Å². The van der Waals surface area contributed by atoms with Gasteiger partial charge >= 0.3 is 18.8 Å². The van der Waals surface area contributed by atoms with E-state index in [-0.39, 0.29) is 27.4 Å². The van der Waals surface area contributed by atoms with Crippen molar-refractivity contribution in [2.75, 3.05) is 5.32 Å². The van der Waals surface area contributed by atoms with Crippen molar-refractivity contribution in [3.8, 4) is 16.9 Å². The third kappa shape index (κ3) is 6.19. The molecule has 3 aromatic rings. The van der Waals surface area contributed by atoms with Crippen LogP contribution < -0.4 is 15.4 Å². The van der Waals surface area contributed by atoms with Gasteiger partial charge in [0.15, 0.2) is 0 Å². The fourth-order valence-electron chi connectivity index (χ4n) is 2.87. The molecule has 0 bridgehead atoms. The van der Waals surface area contributed by atoms with E-state index in [2.05, 4.69) is 10.1 Å². The summed E-state index contributed by atoms with van der Waals surface area (Å²) in [6.07, 6.45) is -4.63. The van der Waals surface area contributed by atoms with Crippen LogP contribution in [0.25, 0.3) is 11.1 Å². The summed E-state index contributed by atoms with van der Waals surface area (Å²) in [6, 6.07) is 12.5. The second-order valence-corrected chi connectivity index (χ2v) is 6.96. The van der Waals surface area contributed by atoms with Gasteiger partial charge in [0, 0.05) is 17.3 Å². The Morgan fingerprint density at radius 1 is 0.939 bits per heavy atom. The molecule has 0 aliphatic carbocycles. The van der Waals surface area contributed by atoms with Crippen LogP contribution in [0.4, 0.5) is 32.4 Å². The van der Waals surface area contributed by atoms with Gasteiger partial charge < -0.3 is 10.1 Å². The fourth-order valence-corrected chi connectivity index (χ4v) is 3.09. The number of hydrogen-bond donors (Lipinski definition) is 2. The number of benzene rings is 3. The van der Waals surface area contributed by atoms with E-state index < -0.39 is 36.0 Å².